The van der Waals surface area contributed by atoms with Crippen LogP contribution in [0.2, 0.25) is 0 Å². The van der Waals surface area contributed by atoms with Gasteiger partial charge in [0, 0.05) is 35.1 Å². The van der Waals surface area contributed by atoms with Gasteiger partial charge in [0.2, 0.25) is 0 Å². The number of aromatic nitrogens is 3. The molecule has 29 heavy (non-hydrogen) atoms. The molecule has 0 bridgehead atoms. The summed E-state index contributed by atoms with van der Waals surface area (Å²) in [6.07, 6.45) is 4.36. The molecule has 0 aliphatic carbocycles. The monoisotopic (exact) mass is 408 g/mol. The van der Waals surface area contributed by atoms with Gasteiger partial charge >= 0.3 is 0 Å². The van der Waals surface area contributed by atoms with E-state index in [0.29, 0.717) is 12.2 Å². The van der Waals surface area contributed by atoms with Gasteiger partial charge < -0.3 is 9.88 Å². The van der Waals surface area contributed by atoms with E-state index in [1.807, 2.05) is 24.4 Å². The van der Waals surface area contributed by atoms with E-state index in [2.05, 4.69) is 21.8 Å². The second-order valence-corrected chi connectivity index (χ2v) is 8.30. The maximum atomic E-state index is 14.2. The Kier molecular flexibility index (Phi) is 4.39. The largest absolute Gasteiger partial charge is 0.357 e. The molecule has 1 aliphatic heterocycles. The average molecular weight is 408 g/mol. The van der Waals surface area contributed by atoms with Crippen molar-refractivity contribution >= 4 is 17.2 Å². The summed E-state index contributed by atoms with van der Waals surface area (Å²) in [7, 11) is 0. The van der Waals surface area contributed by atoms with Crippen LogP contribution in [-0.4, -0.2) is 21.5 Å². The topological polar surface area (TPSA) is 44.8 Å². The van der Waals surface area contributed by atoms with Gasteiger partial charge in [-0.25, -0.2) is 13.8 Å². The van der Waals surface area contributed by atoms with Crippen molar-refractivity contribution in [2.75, 3.05) is 11.4 Å². The molecule has 4 heterocycles. The molecular formula is C22H18F2N4S. The third-order valence-electron chi connectivity index (χ3n) is 5.20. The standard InChI is InChI=1S/C22H18F2N4S/c1-13-21(27-22(29-13)15-4-3-8-25-11-15)28-9-7-14-10-18(26-19(14)12-28)20-16(23)5-2-6-17(20)24/h2-6,8,10-11,26H,7,9,12H2,1H3. The summed E-state index contributed by atoms with van der Waals surface area (Å²) in [5, 5.41) is 0.942. The molecule has 0 radical (unpaired) electrons. The van der Waals surface area contributed by atoms with E-state index in [9.17, 15) is 8.78 Å². The summed E-state index contributed by atoms with van der Waals surface area (Å²) < 4.78 is 28.4. The van der Waals surface area contributed by atoms with E-state index in [1.165, 1.54) is 18.2 Å². The fourth-order valence-electron chi connectivity index (χ4n) is 3.79. The van der Waals surface area contributed by atoms with Crippen LogP contribution in [0.1, 0.15) is 16.1 Å². The van der Waals surface area contributed by atoms with E-state index >= 15 is 0 Å². The van der Waals surface area contributed by atoms with Gasteiger partial charge in [-0.1, -0.05) is 6.07 Å². The molecule has 5 rings (SSSR count). The van der Waals surface area contributed by atoms with Crippen LogP contribution in [0.25, 0.3) is 21.8 Å². The Morgan fingerprint density at radius 1 is 1.14 bits per heavy atom. The Labute approximate surface area is 170 Å². The van der Waals surface area contributed by atoms with E-state index in [4.69, 9.17) is 4.98 Å². The fourth-order valence-corrected chi connectivity index (χ4v) is 4.72. The highest BCUT2D eigenvalue weighted by molar-refractivity contribution is 7.15. The smallest absolute Gasteiger partial charge is 0.143 e. The lowest BCUT2D eigenvalue weighted by Gasteiger charge is -2.27. The highest BCUT2D eigenvalue weighted by Crippen LogP contribution is 2.35. The molecule has 0 fully saturated rings. The number of aromatic amines is 1. The number of nitrogens with zero attached hydrogens (tertiary/aromatic N) is 3. The van der Waals surface area contributed by atoms with Crippen molar-refractivity contribution in [3.05, 3.63) is 76.6 Å². The second-order valence-electron chi connectivity index (χ2n) is 7.10. The number of pyridine rings is 1. The van der Waals surface area contributed by atoms with E-state index in [-0.39, 0.29) is 5.56 Å². The van der Waals surface area contributed by atoms with Crippen molar-refractivity contribution in [2.45, 2.75) is 19.9 Å². The SMILES string of the molecule is Cc1sc(-c2cccnc2)nc1N1CCc2cc(-c3c(F)cccc3F)[nH]c2C1. The molecule has 1 aliphatic rings. The van der Waals surface area contributed by atoms with Crippen LogP contribution in [0.3, 0.4) is 0 Å². The van der Waals surface area contributed by atoms with Gasteiger partial charge in [0.05, 0.1) is 17.8 Å². The summed E-state index contributed by atoms with van der Waals surface area (Å²) >= 11 is 1.65. The number of aryl methyl sites for hydroxylation is 1. The second kappa shape index (κ2) is 7.08. The number of hydrogen-bond donors (Lipinski definition) is 1. The number of anilines is 1. The lowest BCUT2D eigenvalue weighted by Crippen LogP contribution is -2.30. The highest BCUT2D eigenvalue weighted by atomic mass is 32.1. The van der Waals surface area contributed by atoms with Gasteiger partial charge in [0.25, 0.3) is 0 Å². The minimum absolute atomic E-state index is 0.00264. The zero-order valence-corrected chi connectivity index (χ0v) is 16.6. The Morgan fingerprint density at radius 3 is 2.72 bits per heavy atom. The van der Waals surface area contributed by atoms with Gasteiger partial charge in [-0.2, -0.15) is 0 Å². The Balaban J connectivity index is 1.45. The first kappa shape index (κ1) is 18.0. The Hall–Kier alpha value is -3.06. The molecule has 0 atom stereocenters. The van der Waals surface area contributed by atoms with E-state index in [0.717, 1.165) is 45.5 Å². The molecule has 0 saturated carbocycles. The van der Waals surface area contributed by atoms with Crippen LogP contribution in [0.15, 0.2) is 48.8 Å². The summed E-state index contributed by atoms with van der Waals surface area (Å²) in [6, 6.07) is 9.71. The van der Waals surface area contributed by atoms with Crippen molar-refractivity contribution < 1.29 is 8.78 Å². The van der Waals surface area contributed by atoms with Crippen LogP contribution >= 0.6 is 11.3 Å². The first-order valence-corrected chi connectivity index (χ1v) is 10.2. The third-order valence-corrected chi connectivity index (χ3v) is 6.21. The average Bonchev–Trinajstić information content (AvgIpc) is 3.31. The number of benzene rings is 1. The molecule has 1 aromatic carbocycles. The van der Waals surface area contributed by atoms with Crippen molar-refractivity contribution in [3.63, 3.8) is 0 Å². The number of rotatable bonds is 3. The lowest BCUT2D eigenvalue weighted by atomic mass is 10.1. The van der Waals surface area contributed by atoms with Gasteiger partial charge in [-0.3, -0.25) is 4.98 Å². The summed E-state index contributed by atoms with van der Waals surface area (Å²) in [4.78, 5) is 15.6. The summed E-state index contributed by atoms with van der Waals surface area (Å²) in [5.41, 5.74) is 3.56. The third kappa shape index (κ3) is 3.21. The van der Waals surface area contributed by atoms with Crippen LogP contribution in [0, 0.1) is 18.6 Å². The maximum absolute atomic E-state index is 14.2. The molecule has 0 spiro atoms. The first-order chi connectivity index (χ1) is 14.1. The molecule has 146 valence electrons. The molecule has 0 saturated heterocycles. The van der Waals surface area contributed by atoms with Gasteiger partial charge in [-0.15, -0.1) is 11.3 Å². The maximum Gasteiger partial charge on any atom is 0.143 e. The summed E-state index contributed by atoms with van der Waals surface area (Å²) in [6.45, 7) is 3.50. The van der Waals surface area contributed by atoms with E-state index < -0.39 is 11.6 Å². The molecule has 0 unspecified atom stereocenters. The Bertz CT molecular complexity index is 1160. The number of hydrogen-bond acceptors (Lipinski definition) is 4. The quantitative estimate of drug-likeness (QED) is 0.497. The van der Waals surface area contributed by atoms with Crippen LogP contribution < -0.4 is 4.90 Å². The van der Waals surface area contributed by atoms with Crippen molar-refractivity contribution in [2.24, 2.45) is 0 Å². The molecule has 3 aromatic heterocycles. The highest BCUT2D eigenvalue weighted by Gasteiger charge is 2.24. The first-order valence-electron chi connectivity index (χ1n) is 9.38. The molecule has 4 aromatic rings. The zero-order valence-electron chi connectivity index (χ0n) is 15.7. The number of nitrogens with one attached hydrogen (secondary N) is 1. The number of halogens is 2. The number of thiazole rings is 1. The predicted molar refractivity (Wildman–Crippen MR) is 111 cm³/mol. The predicted octanol–water partition coefficient (Wildman–Crippen LogP) is 5.35. The Morgan fingerprint density at radius 2 is 1.97 bits per heavy atom. The fraction of sp³-hybridized carbons (Fsp3) is 0.182. The zero-order chi connectivity index (χ0) is 20.0. The molecule has 7 heteroatoms. The minimum Gasteiger partial charge on any atom is -0.357 e. The summed E-state index contributed by atoms with van der Waals surface area (Å²) in [5.74, 6) is -0.165. The van der Waals surface area contributed by atoms with Crippen molar-refractivity contribution in [3.8, 4) is 21.8 Å². The minimum atomic E-state index is -0.558. The van der Waals surface area contributed by atoms with Crippen LogP contribution in [-0.2, 0) is 13.0 Å². The van der Waals surface area contributed by atoms with Crippen molar-refractivity contribution in [1.29, 1.82) is 0 Å². The molecule has 1 N–H and O–H groups in total. The van der Waals surface area contributed by atoms with Crippen LogP contribution in [0.4, 0.5) is 14.6 Å². The molecule has 0 amide bonds. The van der Waals surface area contributed by atoms with Gasteiger partial charge in [0.1, 0.15) is 22.5 Å². The van der Waals surface area contributed by atoms with Crippen LogP contribution in [0.5, 0.6) is 0 Å². The van der Waals surface area contributed by atoms with Crippen molar-refractivity contribution in [1.82, 2.24) is 15.0 Å². The van der Waals surface area contributed by atoms with E-state index in [1.54, 1.807) is 17.5 Å². The normalized spacial score (nSPS) is 13.6. The lowest BCUT2D eigenvalue weighted by molar-refractivity contribution is 0.589. The molecule has 4 nitrogen and oxygen atoms in total. The van der Waals surface area contributed by atoms with Gasteiger partial charge in [0.15, 0.2) is 0 Å². The number of fused-ring (bicyclic) bond motifs is 1. The van der Waals surface area contributed by atoms with Gasteiger partial charge in [-0.05, 0) is 49.2 Å². The molecular weight excluding hydrogens is 390 g/mol. The number of H-pyrrole nitrogens is 1.